The minimum Gasteiger partial charge on any atom is -0.491 e. The van der Waals surface area contributed by atoms with Gasteiger partial charge in [-0.1, -0.05) is 45.1 Å². The molecule has 0 saturated carbocycles. The van der Waals surface area contributed by atoms with Crippen molar-refractivity contribution in [2.24, 2.45) is 11.3 Å². The van der Waals surface area contributed by atoms with Gasteiger partial charge < -0.3 is 18.9 Å². The number of rotatable bonds is 8. The fraction of sp³-hybridized carbons (Fsp3) is 0.742. The number of nitrogens with zero attached hydrogens (tertiary/aromatic N) is 1. The van der Waals surface area contributed by atoms with Crippen LogP contribution in [0.4, 0.5) is 0 Å². The summed E-state index contributed by atoms with van der Waals surface area (Å²) in [6.07, 6.45) is 10.8. The molecule has 0 aromatic heterocycles. The van der Waals surface area contributed by atoms with Crippen LogP contribution in [0.25, 0.3) is 0 Å². The number of ether oxygens (including phenoxy) is 4. The standard InChI is InChI=1S/C31H47NO5/c1-7-28(5)20-31(35-21-30(22-36-31)16-10-9-11-17-30)24(4)29(6,8-2)32(28)37-23(3)25-12-14-26(15-13-25)33-18-27-19-34-27/h9-10,12-15,23-24,27H,7-8,11,16-22H2,1-6H3. The highest BCUT2D eigenvalue weighted by Gasteiger charge is 2.63. The van der Waals surface area contributed by atoms with Gasteiger partial charge in [-0.3, -0.25) is 4.84 Å². The van der Waals surface area contributed by atoms with Crippen LogP contribution in [0, 0.1) is 11.3 Å². The first-order valence-corrected chi connectivity index (χ1v) is 14.4. The molecule has 1 aromatic carbocycles. The van der Waals surface area contributed by atoms with E-state index in [4.69, 9.17) is 23.8 Å². The lowest BCUT2D eigenvalue weighted by Gasteiger charge is -2.64. The smallest absolute Gasteiger partial charge is 0.174 e. The summed E-state index contributed by atoms with van der Waals surface area (Å²) in [5.74, 6) is 0.429. The van der Waals surface area contributed by atoms with E-state index in [1.165, 1.54) is 0 Å². The second kappa shape index (κ2) is 10.3. The van der Waals surface area contributed by atoms with Gasteiger partial charge in [0.2, 0.25) is 0 Å². The Bertz CT molecular complexity index is 951. The van der Waals surface area contributed by atoms with Crippen LogP contribution in [0.5, 0.6) is 5.75 Å². The Hall–Kier alpha value is -1.44. The monoisotopic (exact) mass is 513 g/mol. The second-order valence-electron chi connectivity index (χ2n) is 12.4. The normalized spacial score (nSPS) is 40.7. The van der Waals surface area contributed by atoms with E-state index in [1.807, 2.05) is 12.1 Å². The molecule has 0 N–H and O–H groups in total. The van der Waals surface area contributed by atoms with Gasteiger partial charge in [-0.25, -0.2) is 0 Å². The first-order valence-electron chi connectivity index (χ1n) is 14.4. The highest BCUT2D eigenvalue weighted by atomic mass is 16.7. The Morgan fingerprint density at radius 2 is 1.76 bits per heavy atom. The average molecular weight is 514 g/mol. The zero-order valence-corrected chi connectivity index (χ0v) is 23.8. The first kappa shape index (κ1) is 27.1. The van der Waals surface area contributed by atoms with E-state index in [2.05, 4.69) is 70.9 Å². The molecule has 1 aromatic rings. The van der Waals surface area contributed by atoms with Gasteiger partial charge in [0.05, 0.1) is 25.4 Å². The van der Waals surface area contributed by atoms with Crippen LogP contribution in [-0.4, -0.2) is 54.5 Å². The summed E-state index contributed by atoms with van der Waals surface area (Å²) in [6.45, 7) is 16.6. The molecule has 37 heavy (non-hydrogen) atoms. The van der Waals surface area contributed by atoms with E-state index in [1.54, 1.807) is 0 Å². The maximum absolute atomic E-state index is 6.90. The molecule has 0 amide bonds. The van der Waals surface area contributed by atoms with Gasteiger partial charge >= 0.3 is 0 Å². The zero-order valence-electron chi connectivity index (χ0n) is 23.8. The van der Waals surface area contributed by atoms with Crippen LogP contribution in [0.2, 0.25) is 0 Å². The highest BCUT2D eigenvalue weighted by Crippen LogP contribution is 2.55. The van der Waals surface area contributed by atoms with E-state index in [0.717, 1.165) is 69.7 Å². The molecular weight excluding hydrogens is 466 g/mol. The van der Waals surface area contributed by atoms with Crippen LogP contribution >= 0.6 is 0 Å². The number of hydroxylamine groups is 2. The predicted molar refractivity (Wildman–Crippen MR) is 144 cm³/mol. The number of hydrogen-bond acceptors (Lipinski definition) is 6. The summed E-state index contributed by atoms with van der Waals surface area (Å²) in [5, 5.41) is 2.32. The van der Waals surface area contributed by atoms with E-state index in [-0.39, 0.29) is 34.6 Å². The van der Waals surface area contributed by atoms with E-state index < -0.39 is 5.79 Å². The fourth-order valence-electron chi connectivity index (χ4n) is 6.59. The molecule has 5 unspecified atom stereocenters. The van der Waals surface area contributed by atoms with Crippen LogP contribution in [0.1, 0.15) is 91.7 Å². The molecule has 3 saturated heterocycles. The summed E-state index contributed by atoms with van der Waals surface area (Å²) in [4.78, 5) is 6.90. The molecule has 3 fully saturated rings. The topological polar surface area (TPSA) is 52.7 Å². The zero-order chi connectivity index (χ0) is 26.3. The summed E-state index contributed by atoms with van der Waals surface area (Å²) in [7, 11) is 0. The average Bonchev–Trinajstić information content (AvgIpc) is 3.76. The van der Waals surface area contributed by atoms with Crippen LogP contribution in [-0.2, 0) is 19.0 Å². The van der Waals surface area contributed by atoms with Crippen molar-refractivity contribution in [1.29, 1.82) is 0 Å². The molecule has 0 radical (unpaired) electrons. The van der Waals surface area contributed by atoms with Crippen LogP contribution in [0.15, 0.2) is 36.4 Å². The molecule has 206 valence electrons. The van der Waals surface area contributed by atoms with Crippen molar-refractivity contribution in [3.8, 4) is 5.75 Å². The SMILES string of the molecule is CCC1(C)CC2(OCC3(CC=CCC3)CO2)C(C)C(C)(CC)N1OC(C)c1ccc(OCC2CO2)cc1. The third kappa shape index (κ3) is 5.12. The molecule has 5 atom stereocenters. The lowest BCUT2D eigenvalue weighted by molar-refractivity contribution is -0.416. The number of epoxide rings is 1. The predicted octanol–water partition coefficient (Wildman–Crippen LogP) is 6.61. The number of allylic oxidation sites excluding steroid dienone is 2. The van der Waals surface area contributed by atoms with Gasteiger partial charge in [-0.2, -0.15) is 5.06 Å². The molecular formula is C31H47NO5. The lowest BCUT2D eigenvalue weighted by Crippen LogP contribution is -2.73. The summed E-state index contributed by atoms with van der Waals surface area (Å²) < 4.78 is 24.8. The molecule has 6 heteroatoms. The van der Waals surface area contributed by atoms with Crippen molar-refractivity contribution in [1.82, 2.24) is 5.06 Å². The molecule has 1 aliphatic carbocycles. The Kier molecular flexibility index (Phi) is 7.53. The van der Waals surface area contributed by atoms with Crippen molar-refractivity contribution in [3.05, 3.63) is 42.0 Å². The van der Waals surface area contributed by atoms with Crippen molar-refractivity contribution in [3.63, 3.8) is 0 Å². The fourth-order valence-corrected chi connectivity index (χ4v) is 6.59. The minimum atomic E-state index is -0.588. The lowest BCUT2D eigenvalue weighted by atomic mass is 9.66. The first-order chi connectivity index (χ1) is 17.7. The molecule has 2 spiro atoms. The molecule has 3 heterocycles. The third-order valence-electron chi connectivity index (χ3n) is 9.91. The number of piperidine rings is 1. The van der Waals surface area contributed by atoms with E-state index >= 15 is 0 Å². The van der Waals surface area contributed by atoms with Crippen LogP contribution < -0.4 is 4.74 Å². The van der Waals surface area contributed by atoms with Crippen molar-refractivity contribution >= 4 is 0 Å². The number of benzene rings is 1. The van der Waals surface area contributed by atoms with Crippen molar-refractivity contribution in [2.45, 2.75) is 109 Å². The van der Waals surface area contributed by atoms with Gasteiger partial charge in [-0.05, 0) is 70.6 Å². The Morgan fingerprint density at radius 3 is 2.32 bits per heavy atom. The van der Waals surface area contributed by atoms with Crippen molar-refractivity contribution in [2.75, 3.05) is 26.4 Å². The van der Waals surface area contributed by atoms with Crippen molar-refractivity contribution < 1.29 is 23.8 Å². The van der Waals surface area contributed by atoms with E-state index in [9.17, 15) is 0 Å². The van der Waals surface area contributed by atoms with Gasteiger partial charge in [0, 0.05) is 23.3 Å². The van der Waals surface area contributed by atoms with Gasteiger partial charge in [0.15, 0.2) is 5.79 Å². The largest absolute Gasteiger partial charge is 0.491 e. The molecule has 0 bridgehead atoms. The maximum atomic E-state index is 6.90. The maximum Gasteiger partial charge on any atom is 0.174 e. The summed E-state index contributed by atoms with van der Waals surface area (Å²) >= 11 is 0. The van der Waals surface area contributed by atoms with Gasteiger partial charge in [-0.15, -0.1) is 0 Å². The van der Waals surface area contributed by atoms with E-state index in [0.29, 0.717) is 6.61 Å². The molecule has 5 rings (SSSR count). The molecule has 6 nitrogen and oxygen atoms in total. The quantitative estimate of drug-likeness (QED) is 0.288. The van der Waals surface area contributed by atoms with Crippen LogP contribution in [0.3, 0.4) is 0 Å². The Balaban J connectivity index is 1.33. The highest BCUT2D eigenvalue weighted by molar-refractivity contribution is 5.28. The Labute approximate surface area is 223 Å². The molecule has 3 aliphatic heterocycles. The second-order valence-corrected chi connectivity index (χ2v) is 12.4. The minimum absolute atomic E-state index is 0.0932. The summed E-state index contributed by atoms with van der Waals surface area (Å²) in [5.41, 5.74) is 0.795. The van der Waals surface area contributed by atoms with Gasteiger partial charge in [0.1, 0.15) is 24.6 Å². The molecule has 4 aliphatic rings. The third-order valence-corrected chi connectivity index (χ3v) is 9.91. The number of hydrogen-bond donors (Lipinski definition) is 0. The summed E-state index contributed by atoms with van der Waals surface area (Å²) in [6, 6.07) is 8.29. The van der Waals surface area contributed by atoms with Gasteiger partial charge in [0.25, 0.3) is 0 Å². The Morgan fingerprint density at radius 1 is 1.05 bits per heavy atom.